The van der Waals surface area contributed by atoms with Gasteiger partial charge in [-0.05, 0) is 31.0 Å². The van der Waals surface area contributed by atoms with Crippen molar-refractivity contribution in [1.29, 1.82) is 0 Å². The van der Waals surface area contributed by atoms with Gasteiger partial charge in [0.25, 0.3) is 0 Å². The van der Waals surface area contributed by atoms with Crippen LogP contribution in [-0.4, -0.2) is 13.2 Å². The van der Waals surface area contributed by atoms with Crippen molar-refractivity contribution in [3.63, 3.8) is 0 Å². The fourth-order valence-electron chi connectivity index (χ4n) is 1.02. The molecule has 1 aliphatic rings. The molecule has 0 N–H and O–H groups in total. The van der Waals surface area contributed by atoms with Crippen molar-refractivity contribution in [2.75, 3.05) is 7.11 Å². The van der Waals surface area contributed by atoms with Gasteiger partial charge in [-0.25, -0.2) is 0 Å². The summed E-state index contributed by atoms with van der Waals surface area (Å²) in [5.41, 5.74) is 0. The molecule has 0 atom stereocenters. The summed E-state index contributed by atoms with van der Waals surface area (Å²) in [4.78, 5) is 0. The second-order valence-corrected chi connectivity index (χ2v) is 2.89. The van der Waals surface area contributed by atoms with Crippen LogP contribution in [0.3, 0.4) is 0 Å². The highest BCUT2D eigenvalue weighted by Gasteiger charge is 2.24. The lowest BCUT2D eigenvalue weighted by molar-refractivity contribution is 0.282. The zero-order valence-electron chi connectivity index (χ0n) is 7.04. The minimum absolute atomic E-state index is 0.418. The predicted octanol–water partition coefficient (Wildman–Crippen LogP) is 2.04. The lowest BCUT2D eigenvalue weighted by atomic mass is 10.3. The van der Waals surface area contributed by atoms with Crippen LogP contribution in [0, 0.1) is 6.07 Å². The molecule has 0 amide bonds. The van der Waals surface area contributed by atoms with Gasteiger partial charge < -0.3 is 9.47 Å². The van der Waals surface area contributed by atoms with Crippen LogP contribution in [0.1, 0.15) is 12.8 Å². The molecule has 1 radical (unpaired) electrons. The molecule has 1 aliphatic carbocycles. The lowest BCUT2D eigenvalue weighted by Crippen LogP contribution is -1.97. The SMILES string of the molecule is COc1c[c]ccc1OC1CC1. The summed E-state index contributed by atoms with van der Waals surface area (Å²) < 4.78 is 10.7. The molecule has 1 aromatic rings. The van der Waals surface area contributed by atoms with Gasteiger partial charge >= 0.3 is 0 Å². The Morgan fingerprint density at radius 2 is 2.25 bits per heavy atom. The first-order valence-electron chi connectivity index (χ1n) is 4.11. The first-order valence-corrected chi connectivity index (χ1v) is 4.11. The second kappa shape index (κ2) is 3.05. The molecule has 0 saturated heterocycles. The van der Waals surface area contributed by atoms with Gasteiger partial charge in [-0.15, -0.1) is 0 Å². The Morgan fingerprint density at radius 1 is 1.42 bits per heavy atom. The Labute approximate surface area is 72.1 Å². The minimum Gasteiger partial charge on any atom is -0.493 e. The Morgan fingerprint density at radius 3 is 2.92 bits per heavy atom. The fraction of sp³-hybridized carbons (Fsp3) is 0.400. The lowest BCUT2D eigenvalue weighted by Gasteiger charge is -2.08. The molecule has 2 nitrogen and oxygen atoms in total. The van der Waals surface area contributed by atoms with E-state index in [9.17, 15) is 0 Å². The summed E-state index contributed by atoms with van der Waals surface area (Å²) in [5.74, 6) is 1.60. The first kappa shape index (κ1) is 7.47. The largest absolute Gasteiger partial charge is 0.493 e. The van der Waals surface area contributed by atoms with Crippen molar-refractivity contribution in [2.24, 2.45) is 0 Å². The smallest absolute Gasteiger partial charge is 0.161 e. The molecule has 0 bridgehead atoms. The summed E-state index contributed by atoms with van der Waals surface area (Å²) in [6.07, 6.45) is 2.75. The molecule has 0 unspecified atom stereocenters. The maximum absolute atomic E-state index is 5.60. The molecule has 12 heavy (non-hydrogen) atoms. The number of benzene rings is 1. The zero-order valence-corrected chi connectivity index (χ0v) is 7.04. The highest BCUT2D eigenvalue weighted by atomic mass is 16.5. The maximum atomic E-state index is 5.60. The number of methoxy groups -OCH3 is 1. The van der Waals surface area contributed by atoms with E-state index in [2.05, 4.69) is 6.07 Å². The van der Waals surface area contributed by atoms with Gasteiger partial charge in [0.15, 0.2) is 11.5 Å². The van der Waals surface area contributed by atoms with Gasteiger partial charge in [0, 0.05) is 0 Å². The Bertz CT molecular complexity index is 266. The molecule has 1 saturated carbocycles. The van der Waals surface area contributed by atoms with Gasteiger partial charge in [0.2, 0.25) is 0 Å². The van der Waals surface area contributed by atoms with E-state index < -0.39 is 0 Å². The molecule has 1 fully saturated rings. The van der Waals surface area contributed by atoms with Crippen LogP contribution in [0.5, 0.6) is 11.5 Å². The van der Waals surface area contributed by atoms with Crippen molar-refractivity contribution >= 4 is 0 Å². The van der Waals surface area contributed by atoms with Gasteiger partial charge in [-0.3, -0.25) is 0 Å². The first-order chi connectivity index (χ1) is 5.90. The molecule has 2 heteroatoms. The molecule has 2 rings (SSSR count). The summed E-state index contributed by atoms with van der Waals surface area (Å²) in [5, 5.41) is 0. The average molecular weight is 163 g/mol. The number of hydrogen-bond donors (Lipinski definition) is 0. The summed E-state index contributed by atoms with van der Waals surface area (Å²) in [6, 6.07) is 8.45. The maximum Gasteiger partial charge on any atom is 0.161 e. The van der Waals surface area contributed by atoms with Gasteiger partial charge in [-0.2, -0.15) is 0 Å². The molecule has 0 aromatic heterocycles. The molecule has 0 heterocycles. The third kappa shape index (κ3) is 1.52. The third-order valence-corrected chi connectivity index (χ3v) is 1.83. The van der Waals surface area contributed by atoms with E-state index in [0.717, 1.165) is 11.5 Å². The number of hydrogen-bond acceptors (Lipinski definition) is 2. The van der Waals surface area contributed by atoms with Crippen molar-refractivity contribution in [3.05, 3.63) is 24.3 Å². The summed E-state index contributed by atoms with van der Waals surface area (Å²) >= 11 is 0. The fourth-order valence-corrected chi connectivity index (χ4v) is 1.02. The Hall–Kier alpha value is -1.18. The van der Waals surface area contributed by atoms with Crippen molar-refractivity contribution in [3.8, 4) is 11.5 Å². The van der Waals surface area contributed by atoms with Crippen LogP contribution in [0.15, 0.2) is 18.2 Å². The molecular formula is C10H11O2. The highest BCUT2D eigenvalue weighted by Crippen LogP contribution is 2.32. The van der Waals surface area contributed by atoms with Crippen LogP contribution < -0.4 is 9.47 Å². The molecule has 0 spiro atoms. The van der Waals surface area contributed by atoms with Gasteiger partial charge in [0.1, 0.15) is 0 Å². The third-order valence-electron chi connectivity index (χ3n) is 1.83. The van der Waals surface area contributed by atoms with E-state index in [-0.39, 0.29) is 0 Å². The molecular weight excluding hydrogens is 152 g/mol. The average Bonchev–Trinajstić information content (AvgIpc) is 2.89. The van der Waals surface area contributed by atoms with E-state index in [0.29, 0.717) is 6.10 Å². The van der Waals surface area contributed by atoms with Gasteiger partial charge in [-0.1, -0.05) is 6.07 Å². The standard InChI is InChI=1S/C10H11O2/c1-11-9-4-2-3-5-10(9)12-8-6-7-8/h3-5,8H,6-7H2,1H3. The van der Waals surface area contributed by atoms with Crippen molar-refractivity contribution in [2.45, 2.75) is 18.9 Å². The van der Waals surface area contributed by atoms with E-state index in [1.54, 1.807) is 13.2 Å². The van der Waals surface area contributed by atoms with E-state index in [1.165, 1.54) is 12.8 Å². The Kier molecular flexibility index (Phi) is 1.90. The van der Waals surface area contributed by atoms with E-state index in [1.807, 2.05) is 12.1 Å². The molecule has 1 aromatic carbocycles. The molecule has 0 aliphatic heterocycles. The predicted molar refractivity (Wildman–Crippen MR) is 45.5 cm³/mol. The zero-order chi connectivity index (χ0) is 8.39. The van der Waals surface area contributed by atoms with E-state index in [4.69, 9.17) is 9.47 Å². The topological polar surface area (TPSA) is 18.5 Å². The normalized spacial score (nSPS) is 15.8. The van der Waals surface area contributed by atoms with Gasteiger partial charge in [0.05, 0.1) is 13.2 Å². The van der Waals surface area contributed by atoms with E-state index >= 15 is 0 Å². The highest BCUT2D eigenvalue weighted by molar-refractivity contribution is 5.39. The summed E-state index contributed by atoms with van der Waals surface area (Å²) in [6.45, 7) is 0. The van der Waals surface area contributed by atoms with Crippen LogP contribution in [0.4, 0.5) is 0 Å². The quantitative estimate of drug-likeness (QED) is 0.678. The molecule has 63 valence electrons. The Balaban J connectivity index is 2.15. The second-order valence-electron chi connectivity index (χ2n) is 2.89. The number of rotatable bonds is 3. The number of ether oxygens (including phenoxy) is 2. The van der Waals surface area contributed by atoms with Crippen molar-refractivity contribution in [1.82, 2.24) is 0 Å². The monoisotopic (exact) mass is 163 g/mol. The van der Waals surface area contributed by atoms with Crippen LogP contribution in [-0.2, 0) is 0 Å². The van der Waals surface area contributed by atoms with Crippen LogP contribution >= 0.6 is 0 Å². The summed E-state index contributed by atoms with van der Waals surface area (Å²) in [7, 11) is 1.64. The minimum atomic E-state index is 0.418. The van der Waals surface area contributed by atoms with Crippen molar-refractivity contribution < 1.29 is 9.47 Å². The van der Waals surface area contributed by atoms with Crippen LogP contribution in [0.2, 0.25) is 0 Å². The van der Waals surface area contributed by atoms with Crippen LogP contribution in [0.25, 0.3) is 0 Å².